The smallest absolute Gasteiger partial charge is 0.213 e. The summed E-state index contributed by atoms with van der Waals surface area (Å²) >= 11 is 7.57. The Bertz CT molecular complexity index is 527. The van der Waals surface area contributed by atoms with E-state index < -0.39 is 0 Å². The topological polar surface area (TPSA) is 53.6 Å². The number of nitrogens with one attached hydrogen (secondary N) is 2. The Labute approximate surface area is 116 Å². The van der Waals surface area contributed by atoms with Crippen LogP contribution < -0.4 is 5.32 Å². The van der Waals surface area contributed by atoms with E-state index in [-0.39, 0.29) is 0 Å². The Morgan fingerprint density at radius 3 is 2.94 bits per heavy atom. The lowest BCUT2D eigenvalue weighted by atomic mass is 10.2. The van der Waals surface area contributed by atoms with Crippen molar-refractivity contribution >= 4 is 23.4 Å². The van der Waals surface area contributed by atoms with E-state index in [1.54, 1.807) is 11.8 Å². The molecular weight excluding hydrogens is 268 g/mol. The van der Waals surface area contributed by atoms with Crippen molar-refractivity contribution in [1.82, 2.24) is 20.5 Å². The van der Waals surface area contributed by atoms with E-state index in [2.05, 4.69) is 27.4 Å². The van der Waals surface area contributed by atoms with Crippen LogP contribution in [0.5, 0.6) is 0 Å². The van der Waals surface area contributed by atoms with Crippen LogP contribution in [0.4, 0.5) is 0 Å². The molecule has 0 fully saturated rings. The van der Waals surface area contributed by atoms with Crippen LogP contribution in [0.1, 0.15) is 18.3 Å². The number of aromatic nitrogens is 3. The van der Waals surface area contributed by atoms with Gasteiger partial charge in [0.25, 0.3) is 0 Å². The van der Waals surface area contributed by atoms with Crippen molar-refractivity contribution < 1.29 is 0 Å². The van der Waals surface area contributed by atoms with Crippen LogP contribution >= 0.6 is 23.4 Å². The lowest BCUT2D eigenvalue weighted by molar-refractivity contribution is 0.718. The van der Waals surface area contributed by atoms with Crippen LogP contribution in [-0.4, -0.2) is 21.7 Å². The van der Waals surface area contributed by atoms with E-state index in [1.807, 2.05) is 25.1 Å². The second-order valence-electron chi connectivity index (χ2n) is 3.84. The largest absolute Gasteiger partial charge is 0.313 e. The number of rotatable bonds is 5. The van der Waals surface area contributed by atoms with Gasteiger partial charge in [0.2, 0.25) is 5.16 Å². The normalized spacial score (nSPS) is 10.8. The first kappa shape index (κ1) is 13.4. The number of aromatic amines is 1. The minimum absolute atomic E-state index is 0.729. The number of nitrogens with zero attached hydrogens (tertiary/aromatic N) is 2. The fraction of sp³-hybridized carbons (Fsp3) is 0.333. The molecule has 1 aromatic carbocycles. The molecule has 4 nitrogen and oxygen atoms in total. The van der Waals surface area contributed by atoms with Gasteiger partial charge in [0.15, 0.2) is 0 Å². The Balaban J connectivity index is 2.20. The quantitative estimate of drug-likeness (QED) is 0.885. The molecule has 0 saturated heterocycles. The van der Waals surface area contributed by atoms with Crippen molar-refractivity contribution in [1.29, 1.82) is 0 Å². The van der Waals surface area contributed by atoms with Crippen molar-refractivity contribution in [3.8, 4) is 0 Å². The third kappa shape index (κ3) is 3.48. The molecule has 2 aromatic rings. The third-order valence-electron chi connectivity index (χ3n) is 2.37. The maximum atomic E-state index is 6.03. The molecule has 0 aliphatic rings. The van der Waals surface area contributed by atoms with E-state index in [4.69, 9.17) is 11.6 Å². The Hall–Kier alpha value is -1.04. The van der Waals surface area contributed by atoms with Crippen LogP contribution in [0, 0.1) is 6.92 Å². The van der Waals surface area contributed by atoms with E-state index in [1.165, 1.54) is 0 Å². The summed E-state index contributed by atoms with van der Waals surface area (Å²) in [4.78, 5) is 5.42. The van der Waals surface area contributed by atoms with Crippen molar-refractivity contribution in [2.24, 2.45) is 0 Å². The number of aryl methyl sites for hydroxylation is 1. The summed E-state index contributed by atoms with van der Waals surface area (Å²) in [5.41, 5.74) is 1.16. The number of halogens is 1. The fourth-order valence-electron chi connectivity index (χ4n) is 1.51. The van der Waals surface area contributed by atoms with Crippen LogP contribution in [0.3, 0.4) is 0 Å². The molecule has 1 aromatic heterocycles. The highest BCUT2D eigenvalue weighted by Gasteiger charge is 2.08. The van der Waals surface area contributed by atoms with Gasteiger partial charge < -0.3 is 5.32 Å². The molecule has 2 N–H and O–H groups in total. The van der Waals surface area contributed by atoms with Gasteiger partial charge in [-0.2, -0.15) is 0 Å². The molecule has 96 valence electrons. The van der Waals surface area contributed by atoms with Gasteiger partial charge in [-0.3, -0.25) is 5.10 Å². The summed E-state index contributed by atoms with van der Waals surface area (Å²) in [6.45, 7) is 5.69. The maximum absolute atomic E-state index is 6.03. The van der Waals surface area contributed by atoms with Crippen molar-refractivity contribution in [3.63, 3.8) is 0 Å². The van der Waals surface area contributed by atoms with Crippen molar-refractivity contribution in [2.75, 3.05) is 6.54 Å². The van der Waals surface area contributed by atoms with Crippen molar-refractivity contribution in [3.05, 3.63) is 34.6 Å². The molecule has 0 atom stereocenters. The van der Waals surface area contributed by atoms with Gasteiger partial charge in [-0.15, -0.1) is 5.10 Å². The lowest BCUT2D eigenvalue weighted by Gasteiger charge is -2.08. The van der Waals surface area contributed by atoms with Gasteiger partial charge in [-0.25, -0.2) is 4.98 Å². The number of benzene rings is 1. The lowest BCUT2D eigenvalue weighted by Crippen LogP contribution is -2.12. The standard InChI is InChI=1S/C12H15ClN4S/c1-3-14-7-9-6-10(13)4-5-11(9)18-12-15-8(2)16-17-12/h4-6,14H,3,7H2,1-2H3,(H,15,16,17). The Morgan fingerprint density at radius 2 is 2.28 bits per heavy atom. The van der Waals surface area contributed by atoms with Gasteiger partial charge in [-0.1, -0.05) is 18.5 Å². The van der Waals surface area contributed by atoms with Gasteiger partial charge >= 0.3 is 0 Å². The number of H-pyrrole nitrogens is 1. The van der Waals surface area contributed by atoms with Crippen LogP contribution in [0.2, 0.25) is 5.02 Å². The molecule has 18 heavy (non-hydrogen) atoms. The molecule has 0 spiro atoms. The average Bonchev–Trinajstić information content (AvgIpc) is 2.75. The number of hydrogen-bond donors (Lipinski definition) is 2. The van der Waals surface area contributed by atoms with Crippen LogP contribution in [0.25, 0.3) is 0 Å². The van der Waals surface area contributed by atoms with E-state index in [0.717, 1.165) is 39.6 Å². The molecule has 6 heteroatoms. The van der Waals surface area contributed by atoms with E-state index in [0.29, 0.717) is 0 Å². The van der Waals surface area contributed by atoms with Gasteiger partial charge in [0, 0.05) is 16.5 Å². The zero-order chi connectivity index (χ0) is 13.0. The molecule has 0 saturated carbocycles. The first-order chi connectivity index (χ1) is 8.69. The first-order valence-electron chi connectivity index (χ1n) is 5.75. The van der Waals surface area contributed by atoms with Crippen LogP contribution in [0.15, 0.2) is 28.3 Å². The highest BCUT2D eigenvalue weighted by Crippen LogP contribution is 2.29. The maximum Gasteiger partial charge on any atom is 0.213 e. The summed E-state index contributed by atoms with van der Waals surface area (Å²) in [6, 6.07) is 5.87. The third-order valence-corrected chi connectivity index (χ3v) is 3.58. The molecular formula is C12H15ClN4S. The Morgan fingerprint density at radius 1 is 1.44 bits per heavy atom. The van der Waals surface area contributed by atoms with E-state index >= 15 is 0 Å². The predicted molar refractivity (Wildman–Crippen MR) is 74.1 cm³/mol. The summed E-state index contributed by atoms with van der Waals surface area (Å²) in [5, 5.41) is 11.7. The summed E-state index contributed by atoms with van der Waals surface area (Å²) < 4.78 is 0. The second kappa shape index (κ2) is 6.22. The molecule has 1 heterocycles. The number of hydrogen-bond acceptors (Lipinski definition) is 4. The highest BCUT2D eigenvalue weighted by atomic mass is 35.5. The van der Waals surface area contributed by atoms with Gasteiger partial charge in [-0.05, 0) is 49.0 Å². The summed E-state index contributed by atoms with van der Waals surface area (Å²) in [5.74, 6) is 0.819. The molecule has 0 aliphatic carbocycles. The first-order valence-corrected chi connectivity index (χ1v) is 6.94. The summed E-state index contributed by atoms with van der Waals surface area (Å²) in [6.07, 6.45) is 0. The summed E-state index contributed by atoms with van der Waals surface area (Å²) in [7, 11) is 0. The van der Waals surface area contributed by atoms with E-state index in [9.17, 15) is 0 Å². The predicted octanol–water partition coefficient (Wildman–Crippen LogP) is 3.03. The second-order valence-corrected chi connectivity index (χ2v) is 5.28. The van der Waals surface area contributed by atoms with Crippen molar-refractivity contribution in [2.45, 2.75) is 30.4 Å². The van der Waals surface area contributed by atoms with Gasteiger partial charge in [0.05, 0.1) is 0 Å². The highest BCUT2D eigenvalue weighted by molar-refractivity contribution is 7.99. The molecule has 0 unspecified atom stereocenters. The molecule has 0 aliphatic heterocycles. The average molecular weight is 283 g/mol. The van der Waals surface area contributed by atoms with Gasteiger partial charge in [0.1, 0.15) is 5.82 Å². The molecule has 2 rings (SSSR count). The Kier molecular flexibility index (Phi) is 4.63. The zero-order valence-electron chi connectivity index (χ0n) is 10.3. The van der Waals surface area contributed by atoms with Crippen LogP contribution in [-0.2, 0) is 6.54 Å². The monoisotopic (exact) mass is 282 g/mol. The minimum atomic E-state index is 0.729. The minimum Gasteiger partial charge on any atom is -0.313 e. The molecule has 0 bridgehead atoms. The SMILES string of the molecule is CCNCc1cc(Cl)ccc1Sc1n[nH]c(C)n1. The zero-order valence-corrected chi connectivity index (χ0v) is 11.9. The molecule has 0 amide bonds. The fourth-order valence-corrected chi connectivity index (χ4v) is 2.58. The molecule has 0 radical (unpaired) electrons.